The highest BCUT2D eigenvalue weighted by molar-refractivity contribution is 6.00. The average molecular weight is 739 g/mol. The zero-order valence-corrected chi connectivity index (χ0v) is 27.9. The van der Waals surface area contributed by atoms with E-state index in [1.807, 2.05) is 5.32 Å². The van der Waals surface area contributed by atoms with E-state index < -0.39 is 85.5 Å². The Morgan fingerprint density at radius 3 is 2.33 bits per heavy atom. The Morgan fingerprint density at radius 1 is 1.06 bits per heavy atom. The molecule has 1 amide bonds. The number of methoxy groups -OCH3 is 1. The number of pyridine rings is 2. The maximum absolute atomic E-state index is 15.0. The number of alkyl halides is 5. The van der Waals surface area contributed by atoms with Crippen molar-refractivity contribution in [3.05, 3.63) is 82.7 Å². The number of halogens is 7. The van der Waals surface area contributed by atoms with Crippen molar-refractivity contribution in [2.45, 2.75) is 43.7 Å². The molecule has 4 N–H and O–H groups in total. The molecule has 0 unspecified atom stereocenters. The number of hydrogen-bond donors (Lipinski definition) is 3. The molecule has 1 aliphatic heterocycles. The Bertz CT molecular complexity index is 1990. The Labute approximate surface area is 292 Å². The predicted molar refractivity (Wildman–Crippen MR) is 172 cm³/mol. The molecular formula is C35H33F7N4O6. The molecule has 1 aliphatic rings. The van der Waals surface area contributed by atoms with E-state index in [9.17, 15) is 41.0 Å². The topological polar surface area (TPSA) is 146 Å². The van der Waals surface area contributed by atoms with Crippen LogP contribution in [0.15, 0.2) is 48.5 Å². The molecule has 4 aromatic rings. The van der Waals surface area contributed by atoms with Gasteiger partial charge < -0.3 is 30.4 Å². The number of amides is 1. The molecule has 3 heterocycles. The van der Waals surface area contributed by atoms with Gasteiger partial charge in [-0.15, -0.1) is 0 Å². The fourth-order valence-electron chi connectivity index (χ4n) is 5.44. The Morgan fingerprint density at radius 2 is 1.73 bits per heavy atom. The van der Waals surface area contributed by atoms with Gasteiger partial charge in [0.1, 0.15) is 72.6 Å². The minimum absolute atomic E-state index is 0.0138. The van der Waals surface area contributed by atoms with Crippen LogP contribution in [0.25, 0.3) is 22.2 Å². The molecule has 0 radical (unpaired) electrons. The van der Waals surface area contributed by atoms with Gasteiger partial charge in [-0.05, 0) is 54.4 Å². The van der Waals surface area contributed by atoms with Gasteiger partial charge in [0.2, 0.25) is 5.60 Å². The lowest BCUT2D eigenvalue weighted by Crippen LogP contribution is -2.51. The zero-order chi connectivity index (χ0) is 38.2. The summed E-state index contributed by atoms with van der Waals surface area (Å²) in [6.45, 7) is -2.07. The number of esters is 1. The summed E-state index contributed by atoms with van der Waals surface area (Å²) in [4.78, 5) is 33.6. The second kappa shape index (κ2) is 14.5. The third-order valence-electron chi connectivity index (χ3n) is 8.80. The van der Waals surface area contributed by atoms with Gasteiger partial charge in [-0.25, -0.2) is 27.5 Å². The van der Waals surface area contributed by atoms with E-state index in [4.69, 9.17) is 19.9 Å². The zero-order valence-electron chi connectivity index (χ0n) is 27.9. The van der Waals surface area contributed by atoms with E-state index in [0.717, 1.165) is 42.5 Å². The van der Waals surface area contributed by atoms with E-state index in [1.54, 1.807) is 13.8 Å². The maximum Gasteiger partial charge on any atom is 0.424 e. The van der Waals surface area contributed by atoms with Crippen LogP contribution in [-0.2, 0) is 27.2 Å². The van der Waals surface area contributed by atoms with Gasteiger partial charge in [-0.3, -0.25) is 9.59 Å². The molecule has 0 bridgehead atoms. The molecule has 10 nitrogen and oxygen atoms in total. The highest BCUT2D eigenvalue weighted by Gasteiger charge is 2.57. The lowest BCUT2D eigenvalue weighted by atomic mass is 9.82. The molecule has 2 atom stereocenters. The second-order valence-corrected chi connectivity index (χ2v) is 12.7. The number of carbonyl (C=O) groups excluding carboxylic acids is 2. The summed E-state index contributed by atoms with van der Waals surface area (Å²) in [5.41, 5.74) is -2.60. The Kier molecular flexibility index (Phi) is 10.7. The molecule has 0 saturated carbocycles. The number of rotatable bonds is 12. The van der Waals surface area contributed by atoms with Crippen LogP contribution in [0.2, 0.25) is 0 Å². The lowest BCUT2D eigenvalue weighted by Gasteiger charge is -2.31. The van der Waals surface area contributed by atoms with Gasteiger partial charge in [0.15, 0.2) is 0 Å². The molecule has 2 aromatic heterocycles. The number of nitrogens with one attached hydrogen (secondary N) is 1. The predicted octanol–water partition coefficient (Wildman–Crippen LogP) is 5.36. The first-order chi connectivity index (χ1) is 24.5. The van der Waals surface area contributed by atoms with Crippen molar-refractivity contribution in [1.82, 2.24) is 15.3 Å². The molecule has 2 aromatic carbocycles. The van der Waals surface area contributed by atoms with Crippen LogP contribution in [0.3, 0.4) is 0 Å². The van der Waals surface area contributed by atoms with Crippen LogP contribution in [0.4, 0.5) is 30.7 Å². The average Bonchev–Trinajstić information content (AvgIpc) is 3.50. The van der Waals surface area contributed by atoms with Gasteiger partial charge in [0.05, 0.1) is 24.8 Å². The van der Waals surface area contributed by atoms with Crippen molar-refractivity contribution in [3.8, 4) is 22.8 Å². The number of nitrogens with zero attached hydrogens (tertiary/aromatic N) is 2. The van der Waals surface area contributed by atoms with E-state index in [-0.39, 0.29) is 56.4 Å². The Balaban J connectivity index is 1.49. The molecular weight excluding hydrogens is 705 g/mol. The quantitative estimate of drug-likeness (QED) is 0.129. The minimum Gasteiger partial charge on any atom is -0.494 e. The van der Waals surface area contributed by atoms with Gasteiger partial charge in [0, 0.05) is 22.1 Å². The van der Waals surface area contributed by atoms with Crippen molar-refractivity contribution in [1.29, 1.82) is 0 Å². The number of carbonyl (C=O) groups is 2. The summed E-state index contributed by atoms with van der Waals surface area (Å²) >= 11 is 0. The summed E-state index contributed by atoms with van der Waals surface area (Å²) in [5, 5.41) is 13.2. The Hall–Kier alpha value is -5.03. The molecule has 0 spiro atoms. The van der Waals surface area contributed by atoms with Crippen molar-refractivity contribution in [2.75, 3.05) is 33.6 Å². The van der Waals surface area contributed by atoms with E-state index in [2.05, 4.69) is 9.97 Å². The fourth-order valence-corrected chi connectivity index (χ4v) is 5.44. The van der Waals surface area contributed by atoms with Crippen molar-refractivity contribution < 1.29 is 59.6 Å². The first kappa shape index (κ1) is 38.2. The molecule has 5 rings (SSSR count). The summed E-state index contributed by atoms with van der Waals surface area (Å²) in [6, 6.07) is 7.16. The van der Waals surface area contributed by atoms with Crippen molar-refractivity contribution in [3.63, 3.8) is 0 Å². The van der Waals surface area contributed by atoms with Gasteiger partial charge in [-0.1, -0.05) is 13.8 Å². The molecule has 52 heavy (non-hydrogen) atoms. The smallest absolute Gasteiger partial charge is 0.424 e. The number of hydrogen-bond acceptors (Lipinski definition) is 9. The summed E-state index contributed by atoms with van der Waals surface area (Å²) in [6.07, 6.45) is -5.53. The first-order valence-electron chi connectivity index (χ1n) is 15.7. The lowest BCUT2D eigenvalue weighted by molar-refractivity contribution is -0.265. The summed E-state index contributed by atoms with van der Waals surface area (Å²) < 4.78 is 117. The van der Waals surface area contributed by atoms with Crippen molar-refractivity contribution >= 4 is 22.8 Å². The standard InChI is InChI=1S/C35H33F7N4O6/c1-17(2)27(43)32(48)51-12-24-23(39)9-19-8-20(10-25(50-3)28(19)45-24)31(47)44-15-34(49,35(40,41)42)26-11-22-30(52-16-33(22,13-36)14-37)29(46-26)18-4-6-21(38)7-5-18/h4-11,17,27,49H,12-16,43H2,1-3H3,(H,44,47)/t27-,34+/m1/s1. The number of nitrogens with two attached hydrogens (primary N) is 1. The third-order valence-corrected chi connectivity index (χ3v) is 8.80. The van der Waals surface area contributed by atoms with Crippen LogP contribution >= 0.6 is 0 Å². The first-order valence-corrected chi connectivity index (χ1v) is 15.7. The van der Waals surface area contributed by atoms with Crippen LogP contribution in [0.1, 0.15) is 41.2 Å². The molecule has 17 heteroatoms. The number of fused-ring (bicyclic) bond motifs is 2. The molecule has 278 valence electrons. The number of aromatic nitrogens is 2. The minimum atomic E-state index is -5.53. The summed E-state index contributed by atoms with van der Waals surface area (Å²) in [5.74, 6) is -4.18. The van der Waals surface area contributed by atoms with Crippen molar-refractivity contribution in [2.24, 2.45) is 11.7 Å². The fraction of sp³-hybridized carbons (Fsp3) is 0.371. The maximum atomic E-state index is 15.0. The normalized spacial score (nSPS) is 15.5. The van der Waals surface area contributed by atoms with Crippen LogP contribution in [0.5, 0.6) is 11.5 Å². The van der Waals surface area contributed by atoms with E-state index in [0.29, 0.717) is 6.07 Å². The van der Waals surface area contributed by atoms with Gasteiger partial charge >= 0.3 is 12.1 Å². The summed E-state index contributed by atoms with van der Waals surface area (Å²) in [7, 11) is 1.20. The van der Waals surface area contributed by atoms with E-state index in [1.165, 1.54) is 7.11 Å². The van der Waals surface area contributed by atoms with E-state index >= 15 is 4.39 Å². The van der Waals surface area contributed by atoms with Crippen LogP contribution in [0, 0.1) is 17.6 Å². The number of benzene rings is 2. The largest absolute Gasteiger partial charge is 0.494 e. The van der Waals surface area contributed by atoms with Crippen LogP contribution in [-0.4, -0.2) is 72.8 Å². The highest BCUT2D eigenvalue weighted by Crippen LogP contribution is 2.48. The number of ether oxygens (including phenoxy) is 3. The molecule has 0 saturated heterocycles. The monoisotopic (exact) mass is 738 g/mol. The molecule has 0 aliphatic carbocycles. The highest BCUT2D eigenvalue weighted by atomic mass is 19.4. The van der Waals surface area contributed by atoms with Gasteiger partial charge in [-0.2, -0.15) is 13.2 Å². The molecule has 0 fully saturated rings. The third kappa shape index (κ3) is 7.06. The SMILES string of the molecule is COc1cc(C(=O)NC[C@](O)(c2cc3c(c(-c4ccc(F)cc4)n2)OCC3(CF)CF)C(F)(F)F)cc2cc(F)c(COC(=O)[C@H](N)C(C)C)nc12. The number of aliphatic hydroxyl groups is 1. The van der Waals surface area contributed by atoms with Crippen LogP contribution < -0.4 is 20.5 Å². The van der Waals surface area contributed by atoms with Gasteiger partial charge in [0.25, 0.3) is 5.91 Å². The second-order valence-electron chi connectivity index (χ2n) is 12.7.